The first-order valence-electron chi connectivity index (χ1n) is 10.5. The lowest BCUT2D eigenvalue weighted by Gasteiger charge is -2.03. The van der Waals surface area contributed by atoms with Gasteiger partial charge in [0.2, 0.25) is 0 Å². The van der Waals surface area contributed by atoms with Crippen LogP contribution in [0, 0.1) is 0 Å². The van der Waals surface area contributed by atoms with Gasteiger partial charge in [-0.3, -0.25) is 0 Å². The molecule has 0 aromatic rings. The lowest BCUT2D eigenvalue weighted by Crippen LogP contribution is -1.84. The summed E-state index contributed by atoms with van der Waals surface area (Å²) >= 11 is 0. The molecule has 0 fully saturated rings. The van der Waals surface area contributed by atoms with Gasteiger partial charge in [-0.05, 0) is 30.2 Å². The summed E-state index contributed by atoms with van der Waals surface area (Å²) in [5.74, 6) is 0. The molecular weight excluding hydrogens is 315 g/mol. The maximum atomic E-state index is 10.5. The second kappa shape index (κ2) is 20.8. The summed E-state index contributed by atoms with van der Waals surface area (Å²) < 4.78 is 10.5. The van der Waals surface area contributed by atoms with E-state index in [1.54, 1.807) is 0 Å². The van der Waals surface area contributed by atoms with Crippen LogP contribution in [0.3, 0.4) is 0 Å². The van der Waals surface area contributed by atoms with E-state index in [4.69, 9.17) is 4.89 Å². The van der Waals surface area contributed by atoms with Gasteiger partial charge < -0.3 is 0 Å². The Bertz CT molecular complexity index is 279. The molecule has 0 aliphatic rings. The van der Waals surface area contributed by atoms with Gasteiger partial charge in [-0.25, -0.2) is 0 Å². The minimum atomic E-state index is -1.90. The average Bonchev–Trinajstić information content (AvgIpc) is 2.56. The molecule has 0 amide bonds. The maximum absolute atomic E-state index is 10.5. The predicted octanol–water partition coefficient (Wildman–Crippen LogP) is 7.93. The van der Waals surface area contributed by atoms with Crippen LogP contribution in [0.2, 0.25) is 0 Å². The summed E-state index contributed by atoms with van der Waals surface area (Å²) in [6, 6.07) is 0. The molecule has 0 aromatic carbocycles. The van der Waals surface area contributed by atoms with Gasteiger partial charge in [-0.1, -0.05) is 96.0 Å². The molecular formula is C21H42O2P+. The Morgan fingerprint density at radius 3 is 1.17 bits per heavy atom. The Balaban J connectivity index is 2.98. The van der Waals surface area contributed by atoms with Gasteiger partial charge in [0.05, 0.1) is 0 Å². The van der Waals surface area contributed by atoms with E-state index in [1.165, 1.54) is 103 Å². The summed E-state index contributed by atoms with van der Waals surface area (Å²) in [5, 5.41) is 0. The lowest BCUT2D eigenvalue weighted by molar-refractivity contribution is 0.497. The fourth-order valence-electron chi connectivity index (χ4n) is 3.19. The molecule has 142 valence electrons. The van der Waals surface area contributed by atoms with Crippen molar-refractivity contribution in [2.45, 2.75) is 116 Å². The zero-order valence-electron chi connectivity index (χ0n) is 16.0. The van der Waals surface area contributed by atoms with Gasteiger partial charge in [0.15, 0.2) is 6.16 Å². The van der Waals surface area contributed by atoms with E-state index in [-0.39, 0.29) is 0 Å². The van der Waals surface area contributed by atoms with Crippen LogP contribution in [-0.2, 0) is 4.57 Å². The highest BCUT2D eigenvalue weighted by molar-refractivity contribution is 7.37. The molecule has 1 atom stereocenters. The predicted molar refractivity (Wildman–Crippen MR) is 108 cm³/mol. The van der Waals surface area contributed by atoms with Crippen LogP contribution < -0.4 is 0 Å². The molecule has 3 heteroatoms. The summed E-state index contributed by atoms with van der Waals surface area (Å²) in [6.45, 7) is 3.76. The molecule has 1 N–H and O–H groups in total. The van der Waals surface area contributed by atoms with Crippen molar-refractivity contribution >= 4 is 8.03 Å². The van der Waals surface area contributed by atoms with Crippen molar-refractivity contribution in [1.82, 2.24) is 0 Å². The summed E-state index contributed by atoms with van der Waals surface area (Å²) in [4.78, 5) is 8.70. The second-order valence-electron chi connectivity index (χ2n) is 7.16. The SMILES string of the molecule is C=CCCCCCCCCCCCCCCCCCCC[P+](=O)O. The topological polar surface area (TPSA) is 37.3 Å². The Kier molecular flexibility index (Phi) is 20.7. The molecule has 0 saturated heterocycles. The van der Waals surface area contributed by atoms with Gasteiger partial charge in [0.1, 0.15) is 0 Å². The van der Waals surface area contributed by atoms with E-state index in [9.17, 15) is 4.57 Å². The fourth-order valence-corrected chi connectivity index (χ4v) is 3.68. The van der Waals surface area contributed by atoms with E-state index >= 15 is 0 Å². The molecule has 1 unspecified atom stereocenters. The Hall–Kier alpha value is -0.200. The Morgan fingerprint density at radius 2 is 0.875 bits per heavy atom. The molecule has 2 nitrogen and oxygen atoms in total. The second-order valence-corrected chi connectivity index (χ2v) is 8.32. The molecule has 0 radical (unpaired) electrons. The van der Waals surface area contributed by atoms with Crippen LogP contribution in [0.25, 0.3) is 0 Å². The quantitative estimate of drug-likeness (QED) is 0.136. The number of unbranched alkanes of at least 4 members (excludes halogenated alkanes) is 17. The highest BCUT2D eigenvalue weighted by Crippen LogP contribution is 2.17. The van der Waals surface area contributed by atoms with E-state index < -0.39 is 8.03 Å². The number of rotatable bonds is 20. The number of allylic oxidation sites excluding steroid dienone is 1. The van der Waals surface area contributed by atoms with Crippen molar-refractivity contribution < 1.29 is 9.46 Å². The first-order valence-corrected chi connectivity index (χ1v) is 11.9. The van der Waals surface area contributed by atoms with Crippen LogP contribution in [0.1, 0.15) is 116 Å². The molecule has 0 bridgehead atoms. The van der Waals surface area contributed by atoms with Crippen molar-refractivity contribution in [3.05, 3.63) is 12.7 Å². The normalized spacial score (nSPS) is 11.6. The molecule has 0 spiro atoms. The van der Waals surface area contributed by atoms with Gasteiger partial charge in [0.25, 0.3) is 0 Å². The summed E-state index contributed by atoms with van der Waals surface area (Å²) in [6.07, 6.45) is 26.5. The number of hydrogen-bond donors (Lipinski definition) is 1. The van der Waals surface area contributed by atoms with Crippen molar-refractivity contribution in [2.75, 3.05) is 6.16 Å². The molecule has 0 aliphatic carbocycles. The maximum Gasteiger partial charge on any atom is 0.505 e. The van der Waals surface area contributed by atoms with Crippen molar-refractivity contribution in [2.24, 2.45) is 0 Å². The molecule has 0 aromatic heterocycles. The first-order chi connectivity index (χ1) is 11.8. The standard InChI is InChI=1S/C21H41O2P/c1-2-3-4-5-6-7-8-9-10-11-12-13-14-15-16-17-18-19-20-21-24(22)23/h2H,1,3-21H2/p+1. The molecule has 0 heterocycles. The lowest BCUT2D eigenvalue weighted by atomic mass is 10.0. The third kappa shape index (κ3) is 21.8. The van der Waals surface area contributed by atoms with Gasteiger partial charge in [0, 0.05) is 0 Å². The van der Waals surface area contributed by atoms with E-state index in [0.717, 1.165) is 12.8 Å². The largest absolute Gasteiger partial charge is 0.505 e. The zero-order valence-corrected chi connectivity index (χ0v) is 16.9. The van der Waals surface area contributed by atoms with E-state index in [1.807, 2.05) is 6.08 Å². The molecule has 0 rings (SSSR count). The minimum Gasteiger partial charge on any atom is -0.161 e. The van der Waals surface area contributed by atoms with Crippen molar-refractivity contribution in [3.8, 4) is 0 Å². The van der Waals surface area contributed by atoms with E-state index in [0.29, 0.717) is 6.16 Å². The third-order valence-electron chi connectivity index (χ3n) is 4.76. The summed E-state index contributed by atoms with van der Waals surface area (Å²) in [5.41, 5.74) is 0. The van der Waals surface area contributed by atoms with Crippen molar-refractivity contribution in [3.63, 3.8) is 0 Å². The molecule has 0 saturated carbocycles. The summed E-state index contributed by atoms with van der Waals surface area (Å²) in [7, 11) is -1.90. The minimum absolute atomic E-state index is 0.491. The average molecular weight is 358 g/mol. The monoisotopic (exact) mass is 357 g/mol. The van der Waals surface area contributed by atoms with Crippen LogP contribution >= 0.6 is 8.03 Å². The first kappa shape index (κ1) is 23.8. The molecule has 24 heavy (non-hydrogen) atoms. The van der Waals surface area contributed by atoms with Gasteiger partial charge in [-0.15, -0.1) is 6.58 Å². The van der Waals surface area contributed by atoms with Crippen molar-refractivity contribution in [1.29, 1.82) is 0 Å². The molecule has 0 aliphatic heterocycles. The highest BCUT2D eigenvalue weighted by Gasteiger charge is 2.07. The highest BCUT2D eigenvalue weighted by atomic mass is 31.1. The fraction of sp³-hybridized carbons (Fsp3) is 0.905. The zero-order chi connectivity index (χ0) is 17.7. The van der Waals surface area contributed by atoms with Gasteiger partial charge >= 0.3 is 8.03 Å². The Labute approximate surface area is 152 Å². The van der Waals surface area contributed by atoms with Crippen LogP contribution in [0.4, 0.5) is 0 Å². The number of hydrogen-bond acceptors (Lipinski definition) is 1. The third-order valence-corrected chi connectivity index (χ3v) is 5.46. The van der Waals surface area contributed by atoms with Crippen LogP contribution in [0.5, 0.6) is 0 Å². The van der Waals surface area contributed by atoms with Crippen LogP contribution in [-0.4, -0.2) is 11.1 Å². The van der Waals surface area contributed by atoms with E-state index in [2.05, 4.69) is 6.58 Å². The van der Waals surface area contributed by atoms with Gasteiger partial charge in [-0.2, -0.15) is 4.89 Å². The van der Waals surface area contributed by atoms with Crippen LogP contribution in [0.15, 0.2) is 12.7 Å². The smallest absolute Gasteiger partial charge is 0.161 e. The Morgan fingerprint density at radius 1 is 0.583 bits per heavy atom.